The minimum absolute atomic E-state index is 0.381. The first-order chi connectivity index (χ1) is 9.28. The number of piperidine rings is 1. The smallest absolute Gasteiger partial charge is 0.0599 e. The highest BCUT2D eigenvalue weighted by Gasteiger charge is 2.27. The molecule has 106 valence electrons. The van der Waals surface area contributed by atoms with Crippen LogP contribution in [0.15, 0.2) is 24.3 Å². The van der Waals surface area contributed by atoms with Crippen molar-refractivity contribution >= 4 is 0 Å². The minimum atomic E-state index is 0.381. The zero-order valence-electron chi connectivity index (χ0n) is 12.1. The fraction of sp³-hybridized carbons (Fsp3) is 0.625. The van der Waals surface area contributed by atoms with Gasteiger partial charge in [0.1, 0.15) is 0 Å². The van der Waals surface area contributed by atoms with Crippen molar-refractivity contribution in [1.82, 2.24) is 4.90 Å². The maximum Gasteiger partial charge on any atom is 0.0599 e. The fourth-order valence-corrected chi connectivity index (χ4v) is 3.01. The average molecular weight is 262 g/mol. The summed E-state index contributed by atoms with van der Waals surface area (Å²) in [6.45, 7) is 5.03. The van der Waals surface area contributed by atoms with Crippen LogP contribution in [-0.2, 0) is 17.7 Å². The van der Waals surface area contributed by atoms with Crippen LogP contribution in [0.3, 0.4) is 0 Å². The lowest BCUT2D eigenvalue weighted by atomic mass is 9.97. The molecule has 1 aromatic rings. The summed E-state index contributed by atoms with van der Waals surface area (Å²) < 4.78 is 5.48. The molecule has 1 aromatic carbocycles. The van der Waals surface area contributed by atoms with E-state index in [-0.39, 0.29) is 0 Å². The van der Waals surface area contributed by atoms with E-state index in [0.29, 0.717) is 18.7 Å². The second-order valence-corrected chi connectivity index (χ2v) is 5.36. The molecule has 2 N–H and O–H groups in total. The molecule has 3 heteroatoms. The molecule has 1 aliphatic rings. The summed E-state index contributed by atoms with van der Waals surface area (Å²) in [6, 6.07) is 9.18. The van der Waals surface area contributed by atoms with E-state index in [4.69, 9.17) is 10.5 Å². The quantitative estimate of drug-likeness (QED) is 0.884. The number of nitrogens with two attached hydrogens (primary N) is 1. The predicted molar refractivity (Wildman–Crippen MR) is 79.1 cm³/mol. The third-order valence-corrected chi connectivity index (χ3v) is 4.27. The molecule has 0 aliphatic carbocycles. The van der Waals surface area contributed by atoms with E-state index < -0.39 is 0 Å². The number of ether oxygens (including phenoxy) is 1. The van der Waals surface area contributed by atoms with Crippen molar-refractivity contribution in [3.05, 3.63) is 35.4 Å². The molecule has 3 nitrogen and oxygen atoms in total. The number of methoxy groups -OCH3 is 1. The second kappa shape index (κ2) is 7.04. The molecule has 19 heavy (non-hydrogen) atoms. The van der Waals surface area contributed by atoms with Crippen molar-refractivity contribution in [1.29, 1.82) is 0 Å². The van der Waals surface area contributed by atoms with Crippen LogP contribution < -0.4 is 5.73 Å². The summed E-state index contributed by atoms with van der Waals surface area (Å²) in [5, 5.41) is 0. The van der Waals surface area contributed by atoms with Gasteiger partial charge in [-0.1, -0.05) is 31.2 Å². The van der Waals surface area contributed by atoms with Gasteiger partial charge in [-0.2, -0.15) is 0 Å². The van der Waals surface area contributed by atoms with Gasteiger partial charge in [0, 0.05) is 32.8 Å². The summed E-state index contributed by atoms with van der Waals surface area (Å²) in [7, 11) is 1.81. The Hall–Kier alpha value is -0.900. The van der Waals surface area contributed by atoms with Crippen LogP contribution in [0.1, 0.15) is 30.9 Å². The monoisotopic (exact) mass is 262 g/mol. The maximum absolute atomic E-state index is 5.94. The van der Waals surface area contributed by atoms with E-state index in [2.05, 4.69) is 36.1 Å². The first kappa shape index (κ1) is 14.5. The van der Waals surface area contributed by atoms with Gasteiger partial charge in [-0.3, -0.25) is 4.90 Å². The first-order valence-electron chi connectivity index (χ1n) is 7.32. The molecule has 0 bridgehead atoms. The number of likely N-dealkylation sites (tertiary alicyclic amines) is 1. The van der Waals surface area contributed by atoms with Crippen LogP contribution in [0.4, 0.5) is 0 Å². The van der Waals surface area contributed by atoms with Gasteiger partial charge in [-0.15, -0.1) is 0 Å². The Bertz CT molecular complexity index is 394. The van der Waals surface area contributed by atoms with Gasteiger partial charge < -0.3 is 10.5 Å². The Morgan fingerprint density at radius 1 is 1.32 bits per heavy atom. The first-order valence-corrected chi connectivity index (χ1v) is 7.32. The van der Waals surface area contributed by atoms with Gasteiger partial charge in [0.05, 0.1) is 6.10 Å². The van der Waals surface area contributed by atoms with Gasteiger partial charge in [0.25, 0.3) is 0 Å². The third-order valence-electron chi connectivity index (χ3n) is 4.27. The second-order valence-electron chi connectivity index (χ2n) is 5.36. The van der Waals surface area contributed by atoms with Gasteiger partial charge in [-0.05, 0) is 30.4 Å². The Labute approximate surface area is 116 Å². The number of benzene rings is 1. The van der Waals surface area contributed by atoms with E-state index >= 15 is 0 Å². The topological polar surface area (TPSA) is 38.5 Å². The number of hydrogen-bond donors (Lipinski definition) is 1. The lowest BCUT2D eigenvalue weighted by molar-refractivity contribution is 0.0101. The lowest BCUT2D eigenvalue weighted by Crippen LogP contribution is -2.48. The van der Waals surface area contributed by atoms with Crippen molar-refractivity contribution < 1.29 is 4.74 Å². The molecule has 0 saturated carbocycles. The molecule has 1 saturated heterocycles. The van der Waals surface area contributed by atoms with Gasteiger partial charge in [0.2, 0.25) is 0 Å². The number of aryl methyl sites for hydroxylation is 1. The molecular formula is C16H26N2O. The molecule has 1 fully saturated rings. The number of rotatable bonds is 5. The minimum Gasteiger partial charge on any atom is -0.381 e. The lowest BCUT2D eigenvalue weighted by Gasteiger charge is -2.38. The molecule has 0 spiro atoms. The summed E-state index contributed by atoms with van der Waals surface area (Å²) in [5.41, 5.74) is 8.83. The van der Waals surface area contributed by atoms with Crippen LogP contribution in [0.5, 0.6) is 0 Å². The van der Waals surface area contributed by atoms with E-state index in [1.54, 1.807) is 7.11 Å². The van der Waals surface area contributed by atoms with Crippen molar-refractivity contribution in [2.24, 2.45) is 5.73 Å². The van der Waals surface area contributed by atoms with Crippen molar-refractivity contribution in [2.75, 3.05) is 20.2 Å². The van der Waals surface area contributed by atoms with Crippen LogP contribution in [-0.4, -0.2) is 37.2 Å². The largest absolute Gasteiger partial charge is 0.381 e. The van der Waals surface area contributed by atoms with Gasteiger partial charge in [0.15, 0.2) is 0 Å². The standard InChI is InChI=1S/C16H26N2O/c1-3-13-6-4-5-7-14(13)12-18-9-8-16(19-2)10-15(18)11-17/h4-7,15-16H,3,8-12,17H2,1-2H3. The van der Waals surface area contributed by atoms with Crippen molar-refractivity contribution in [3.8, 4) is 0 Å². The molecule has 2 atom stereocenters. The van der Waals surface area contributed by atoms with E-state index in [1.165, 1.54) is 11.1 Å². The third kappa shape index (κ3) is 3.56. The summed E-state index contributed by atoms with van der Waals surface area (Å²) >= 11 is 0. The summed E-state index contributed by atoms with van der Waals surface area (Å²) in [5.74, 6) is 0. The summed E-state index contributed by atoms with van der Waals surface area (Å²) in [4.78, 5) is 2.52. The highest BCUT2D eigenvalue weighted by atomic mass is 16.5. The van der Waals surface area contributed by atoms with E-state index in [1.807, 2.05) is 0 Å². The number of nitrogens with zero attached hydrogens (tertiary/aromatic N) is 1. The number of hydrogen-bond acceptors (Lipinski definition) is 3. The Morgan fingerprint density at radius 3 is 2.68 bits per heavy atom. The maximum atomic E-state index is 5.94. The molecule has 2 rings (SSSR count). The molecule has 2 unspecified atom stereocenters. The van der Waals surface area contributed by atoms with Crippen molar-refractivity contribution in [3.63, 3.8) is 0 Å². The molecule has 0 radical (unpaired) electrons. The Morgan fingerprint density at radius 2 is 2.05 bits per heavy atom. The zero-order chi connectivity index (χ0) is 13.7. The van der Waals surface area contributed by atoms with Crippen LogP contribution >= 0.6 is 0 Å². The van der Waals surface area contributed by atoms with E-state index in [9.17, 15) is 0 Å². The van der Waals surface area contributed by atoms with Gasteiger partial charge >= 0.3 is 0 Å². The molecule has 0 amide bonds. The summed E-state index contributed by atoms with van der Waals surface area (Å²) in [6.07, 6.45) is 3.65. The molecule has 1 aliphatic heterocycles. The normalized spacial score (nSPS) is 24.6. The molecule has 1 heterocycles. The Kier molecular flexibility index (Phi) is 5.37. The van der Waals surface area contributed by atoms with Crippen molar-refractivity contribution in [2.45, 2.75) is 44.9 Å². The zero-order valence-corrected chi connectivity index (χ0v) is 12.1. The average Bonchev–Trinajstić information content (AvgIpc) is 2.48. The highest BCUT2D eigenvalue weighted by Crippen LogP contribution is 2.22. The van der Waals surface area contributed by atoms with Crippen LogP contribution in [0.25, 0.3) is 0 Å². The molecule has 0 aromatic heterocycles. The van der Waals surface area contributed by atoms with E-state index in [0.717, 1.165) is 32.4 Å². The van der Waals surface area contributed by atoms with Crippen LogP contribution in [0.2, 0.25) is 0 Å². The van der Waals surface area contributed by atoms with Crippen LogP contribution in [0, 0.1) is 0 Å². The van der Waals surface area contributed by atoms with Gasteiger partial charge in [-0.25, -0.2) is 0 Å². The SMILES string of the molecule is CCc1ccccc1CN1CCC(OC)CC1CN. The fourth-order valence-electron chi connectivity index (χ4n) is 3.01. The highest BCUT2D eigenvalue weighted by molar-refractivity contribution is 5.27. The predicted octanol–water partition coefficient (Wildman–Crippen LogP) is 2.19. The Balaban J connectivity index is 2.05. The molecular weight excluding hydrogens is 236 g/mol.